The number of rotatable bonds is 7. The van der Waals surface area contributed by atoms with E-state index in [9.17, 15) is 14.4 Å². The Hall–Kier alpha value is -2.61. The molecule has 8 nitrogen and oxygen atoms in total. The van der Waals surface area contributed by atoms with Crippen molar-refractivity contribution in [1.82, 2.24) is 10.8 Å². The highest BCUT2D eigenvalue weighted by Crippen LogP contribution is 2.03. The molecule has 8 heteroatoms. The Morgan fingerprint density at radius 3 is 2.81 bits per heavy atom. The maximum atomic E-state index is 11.7. The molecule has 0 aliphatic rings. The van der Waals surface area contributed by atoms with E-state index in [-0.39, 0.29) is 12.8 Å². The molecule has 3 N–H and O–H groups in total. The minimum atomic E-state index is -0.978. The van der Waals surface area contributed by atoms with Gasteiger partial charge in [0.2, 0.25) is 11.8 Å². The lowest BCUT2D eigenvalue weighted by molar-refractivity contribution is -0.145. The molecule has 1 heterocycles. The van der Waals surface area contributed by atoms with Gasteiger partial charge in [0.1, 0.15) is 6.04 Å². The number of esters is 1. The van der Waals surface area contributed by atoms with Crippen molar-refractivity contribution in [2.45, 2.75) is 18.9 Å². The van der Waals surface area contributed by atoms with Crippen molar-refractivity contribution in [2.75, 3.05) is 7.11 Å². The Kier molecular flexibility index (Phi) is 6.69. The molecule has 0 saturated carbocycles. The lowest BCUT2D eigenvalue weighted by atomic mass is 10.1. The summed E-state index contributed by atoms with van der Waals surface area (Å²) in [5, 5.41) is 10.8. The summed E-state index contributed by atoms with van der Waals surface area (Å²) < 4.78 is 9.38. The number of furan rings is 1. The van der Waals surface area contributed by atoms with Crippen LogP contribution in [-0.4, -0.2) is 36.1 Å². The average Bonchev–Trinajstić information content (AvgIpc) is 3.01. The molecule has 0 bridgehead atoms. The first-order chi connectivity index (χ1) is 10.1. The summed E-state index contributed by atoms with van der Waals surface area (Å²) >= 11 is 0. The van der Waals surface area contributed by atoms with E-state index in [1.807, 2.05) is 0 Å². The quantitative estimate of drug-likeness (QED) is 0.287. The number of nitrogens with one attached hydrogen (secondary N) is 2. The van der Waals surface area contributed by atoms with Gasteiger partial charge in [-0.15, -0.1) is 0 Å². The summed E-state index contributed by atoms with van der Waals surface area (Å²) in [6, 6.07) is 0.682. The summed E-state index contributed by atoms with van der Waals surface area (Å²) in [6.07, 6.45) is 5.52. The number of hydrogen-bond donors (Lipinski definition) is 3. The molecule has 0 aliphatic carbocycles. The van der Waals surface area contributed by atoms with Gasteiger partial charge in [0, 0.05) is 18.1 Å². The zero-order valence-electron chi connectivity index (χ0n) is 11.4. The fourth-order valence-electron chi connectivity index (χ4n) is 1.48. The maximum Gasteiger partial charge on any atom is 0.328 e. The molecular weight excluding hydrogens is 280 g/mol. The average molecular weight is 296 g/mol. The van der Waals surface area contributed by atoms with Crippen LogP contribution >= 0.6 is 0 Å². The van der Waals surface area contributed by atoms with Crippen molar-refractivity contribution < 1.29 is 28.7 Å². The van der Waals surface area contributed by atoms with Gasteiger partial charge in [-0.1, -0.05) is 0 Å². The van der Waals surface area contributed by atoms with Crippen LogP contribution in [0.1, 0.15) is 18.4 Å². The molecule has 1 aromatic heterocycles. The Bertz CT molecular complexity index is 509. The lowest BCUT2D eigenvalue weighted by Gasteiger charge is -2.14. The fourth-order valence-corrected chi connectivity index (χ4v) is 1.48. The molecule has 1 aromatic rings. The van der Waals surface area contributed by atoms with Gasteiger partial charge < -0.3 is 14.5 Å². The molecule has 2 amide bonds. The molecular formula is C13H16N2O6. The van der Waals surface area contributed by atoms with Crippen molar-refractivity contribution in [2.24, 2.45) is 0 Å². The van der Waals surface area contributed by atoms with Gasteiger partial charge in [-0.05, 0) is 18.6 Å². The second-order valence-electron chi connectivity index (χ2n) is 4.05. The predicted octanol–water partition coefficient (Wildman–Crippen LogP) is 0.236. The van der Waals surface area contributed by atoms with E-state index in [0.29, 0.717) is 5.56 Å². The highest BCUT2D eigenvalue weighted by Gasteiger charge is 2.21. The molecule has 0 fully saturated rings. The molecule has 0 saturated heterocycles. The van der Waals surface area contributed by atoms with E-state index in [1.54, 1.807) is 6.07 Å². The van der Waals surface area contributed by atoms with Crippen LogP contribution in [0.25, 0.3) is 6.08 Å². The first-order valence-corrected chi connectivity index (χ1v) is 6.08. The van der Waals surface area contributed by atoms with Crippen LogP contribution in [0.4, 0.5) is 0 Å². The predicted molar refractivity (Wildman–Crippen MR) is 70.9 cm³/mol. The molecule has 21 heavy (non-hydrogen) atoms. The highest BCUT2D eigenvalue weighted by molar-refractivity contribution is 5.94. The molecule has 1 rings (SSSR count). The van der Waals surface area contributed by atoms with Crippen molar-refractivity contribution in [3.05, 3.63) is 30.2 Å². The van der Waals surface area contributed by atoms with Gasteiger partial charge in [0.25, 0.3) is 0 Å². The molecule has 0 aromatic carbocycles. The van der Waals surface area contributed by atoms with E-state index in [1.165, 1.54) is 37.3 Å². The Balaban J connectivity index is 2.56. The number of ether oxygens (including phenoxy) is 1. The number of methoxy groups -OCH3 is 1. The highest BCUT2D eigenvalue weighted by atomic mass is 16.5. The third-order valence-electron chi connectivity index (χ3n) is 2.56. The van der Waals surface area contributed by atoms with E-state index in [2.05, 4.69) is 10.1 Å². The lowest BCUT2D eigenvalue weighted by Crippen LogP contribution is -2.41. The Labute approximate surface area is 120 Å². The van der Waals surface area contributed by atoms with E-state index in [4.69, 9.17) is 9.62 Å². The minimum Gasteiger partial charge on any atom is -0.472 e. The van der Waals surface area contributed by atoms with Crippen LogP contribution in [0.2, 0.25) is 0 Å². The molecule has 0 aliphatic heterocycles. The van der Waals surface area contributed by atoms with Crippen molar-refractivity contribution in [3.63, 3.8) is 0 Å². The summed E-state index contributed by atoms with van der Waals surface area (Å²) in [5.41, 5.74) is 2.14. The minimum absolute atomic E-state index is 0.00432. The van der Waals surface area contributed by atoms with E-state index in [0.717, 1.165) is 0 Å². The number of carbonyl (C=O) groups excluding carboxylic acids is 3. The standard InChI is InChI=1S/C13H16N2O6/c1-20-13(18)10(3-5-12(17)15-19)14-11(16)4-2-9-6-7-21-8-9/h2,4,6-8,10,19H,3,5H2,1H3,(H,14,16)(H,15,17)/b4-2+/t10-/m0/s1. The smallest absolute Gasteiger partial charge is 0.328 e. The SMILES string of the molecule is COC(=O)[C@H](CCC(=O)NO)NC(=O)/C=C/c1ccoc1. The first kappa shape index (κ1) is 16.4. The fraction of sp³-hybridized carbons (Fsp3) is 0.308. The topological polar surface area (TPSA) is 118 Å². The molecule has 0 unspecified atom stereocenters. The summed E-state index contributed by atoms with van der Waals surface area (Å²) in [5.74, 6) is -1.85. The number of hydroxylamine groups is 1. The van der Waals surface area contributed by atoms with Crippen LogP contribution in [0.5, 0.6) is 0 Å². The molecule has 0 spiro atoms. The second kappa shape index (κ2) is 8.54. The molecule has 0 radical (unpaired) electrons. The summed E-state index contributed by atoms with van der Waals surface area (Å²) in [4.78, 5) is 34.2. The van der Waals surface area contributed by atoms with Gasteiger partial charge in [-0.25, -0.2) is 10.3 Å². The normalized spacial score (nSPS) is 11.9. The van der Waals surface area contributed by atoms with Gasteiger partial charge in [0.15, 0.2) is 0 Å². The third kappa shape index (κ3) is 5.91. The van der Waals surface area contributed by atoms with Gasteiger partial charge in [-0.2, -0.15) is 0 Å². The van der Waals surface area contributed by atoms with Gasteiger partial charge >= 0.3 is 5.97 Å². The number of amides is 2. The van der Waals surface area contributed by atoms with Crippen LogP contribution in [0.3, 0.4) is 0 Å². The molecule has 114 valence electrons. The third-order valence-corrected chi connectivity index (χ3v) is 2.56. The number of hydrogen-bond acceptors (Lipinski definition) is 6. The Morgan fingerprint density at radius 1 is 1.48 bits per heavy atom. The largest absolute Gasteiger partial charge is 0.472 e. The van der Waals surface area contributed by atoms with E-state index >= 15 is 0 Å². The zero-order chi connectivity index (χ0) is 15.7. The van der Waals surface area contributed by atoms with Crippen molar-refractivity contribution >= 4 is 23.9 Å². The van der Waals surface area contributed by atoms with Crippen LogP contribution in [0.15, 0.2) is 29.1 Å². The van der Waals surface area contributed by atoms with Gasteiger partial charge in [0.05, 0.1) is 19.6 Å². The number of carbonyl (C=O) groups is 3. The summed E-state index contributed by atoms with van der Waals surface area (Å²) in [7, 11) is 1.18. The van der Waals surface area contributed by atoms with Crippen molar-refractivity contribution in [1.29, 1.82) is 0 Å². The van der Waals surface area contributed by atoms with Crippen LogP contribution in [-0.2, 0) is 19.1 Å². The second-order valence-corrected chi connectivity index (χ2v) is 4.05. The van der Waals surface area contributed by atoms with Gasteiger partial charge in [-0.3, -0.25) is 14.8 Å². The summed E-state index contributed by atoms with van der Waals surface area (Å²) in [6.45, 7) is 0. The van der Waals surface area contributed by atoms with Crippen molar-refractivity contribution in [3.8, 4) is 0 Å². The maximum absolute atomic E-state index is 11.7. The zero-order valence-corrected chi connectivity index (χ0v) is 11.4. The monoisotopic (exact) mass is 296 g/mol. The van der Waals surface area contributed by atoms with Crippen LogP contribution in [0, 0.1) is 0 Å². The van der Waals surface area contributed by atoms with E-state index < -0.39 is 23.8 Å². The first-order valence-electron chi connectivity index (χ1n) is 6.08. The Morgan fingerprint density at radius 2 is 2.24 bits per heavy atom. The van der Waals surface area contributed by atoms with Crippen LogP contribution < -0.4 is 10.8 Å². The molecule has 1 atom stereocenters.